The van der Waals surface area contributed by atoms with Crippen molar-refractivity contribution in [3.63, 3.8) is 0 Å². The summed E-state index contributed by atoms with van der Waals surface area (Å²) in [7, 11) is 1.61. The molecule has 0 fully saturated rings. The summed E-state index contributed by atoms with van der Waals surface area (Å²) in [4.78, 5) is 12.3. The van der Waals surface area contributed by atoms with Crippen LogP contribution in [-0.4, -0.2) is 11.7 Å². The van der Waals surface area contributed by atoms with Crippen molar-refractivity contribution in [2.75, 3.05) is 7.11 Å². The fourth-order valence-corrected chi connectivity index (χ4v) is 2.17. The average molecular weight is 268 g/mol. The van der Waals surface area contributed by atoms with Crippen LogP contribution >= 0.6 is 0 Å². The lowest BCUT2D eigenvalue weighted by atomic mass is 10.1. The minimum Gasteiger partial charge on any atom is -0.497 e. The Labute approximate surface area is 117 Å². The van der Waals surface area contributed by atoms with Crippen molar-refractivity contribution in [2.24, 2.45) is 0 Å². The average Bonchev–Trinajstić information content (AvgIpc) is 2.44. The zero-order chi connectivity index (χ0) is 14.7. The first-order valence-electron chi connectivity index (χ1n) is 6.31. The Balaban J connectivity index is 2.43. The van der Waals surface area contributed by atoms with Crippen LogP contribution < -0.4 is 10.3 Å². The van der Waals surface area contributed by atoms with Crippen molar-refractivity contribution in [3.8, 4) is 11.8 Å². The van der Waals surface area contributed by atoms with Crippen LogP contribution in [0, 0.1) is 25.2 Å². The van der Waals surface area contributed by atoms with E-state index in [-0.39, 0.29) is 11.1 Å². The van der Waals surface area contributed by atoms with E-state index in [1.54, 1.807) is 18.6 Å². The summed E-state index contributed by atoms with van der Waals surface area (Å²) >= 11 is 0. The van der Waals surface area contributed by atoms with Crippen LogP contribution in [0.15, 0.2) is 35.1 Å². The van der Waals surface area contributed by atoms with Gasteiger partial charge in [-0.2, -0.15) is 5.26 Å². The number of methoxy groups -OCH3 is 1. The molecule has 4 nitrogen and oxygen atoms in total. The molecule has 102 valence electrons. The molecule has 0 aliphatic rings. The molecule has 0 N–H and O–H groups in total. The van der Waals surface area contributed by atoms with Crippen LogP contribution in [0.2, 0.25) is 0 Å². The molecule has 0 saturated carbocycles. The maximum atomic E-state index is 12.3. The van der Waals surface area contributed by atoms with Crippen molar-refractivity contribution >= 4 is 0 Å². The number of hydrogen-bond acceptors (Lipinski definition) is 3. The number of benzene rings is 1. The molecule has 1 heterocycles. The molecular weight excluding hydrogens is 252 g/mol. The maximum absolute atomic E-state index is 12.3. The van der Waals surface area contributed by atoms with E-state index in [9.17, 15) is 4.79 Å². The van der Waals surface area contributed by atoms with Gasteiger partial charge in [0.15, 0.2) is 0 Å². The molecule has 20 heavy (non-hydrogen) atoms. The molecule has 2 rings (SSSR count). The van der Waals surface area contributed by atoms with Crippen molar-refractivity contribution in [1.29, 1.82) is 5.26 Å². The van der Waals surface area contributed by atoms with Gasteiger partial charge in [0.1, 0.15) is 17.4 Å². The molecule has 0 saturated heterocycles. The Bertz CT molecular complexity index is 722. The molecule has 1 aromatic heterocycles. The number of aromatic nitrogens is 1. The summed E-state index contributed by atoms with van der Waals surface area (Å²) in [5.41, 5.74) is 2.54. The lowest BCUT2D eigenvalue weighted by molar-refractivity contribution is 0.414. The quantitative estimate of drug-likeness (QED) is 0.859. The highest BCUT2D eigenvalue weighted by Gasteiger charge is 2.10. The van der Waals surface area contributed by atoms with Gasteiger partial charge >= 0.3 is 0 Å². The summed E-state index contributed by atoms with van der Waals surface area (Å²) in [6, 6.07) is 11.4. The fraction of sp³-hybridized carbons (Fsp3) is 0.250. The zero-order valence-electron chi connectivity index (χ0n) is 11.8. The number of nitriles is 1. The monoisotopic (exact) mass is 268 g/mol. The minimum absolute atomic E-state index is 0.212. The highest BCUT2D eigenvalue weighted by molar-refractivity contribution is 5.36. The molecule has 0 amide bonds. The largest absolute Gasteiger partial charge is 0.497 e. The third kappa shape index (κ3) is 2.57. The second kappa shape index (κ2) is 5.62. The predicted molar refractivity (Wildman–Crippen MR) is 77.0 cm³/mol. The summed E-state index contributed by atoms with van der Waals surface area (Å²) in [6.07, 6.45) is 0. The molecule has 0 unspecified atom stereocenters. The van der Waals surface area contributed by atoms with E-state index in [1.165, 1.54) is 0 Å². The van der Waals surface area contributed by atoms with Crippen molar-refractivity contribution in [3.05, 3.63) is 63.1 Å². The maximum Gasteiger partial charge on any atom is 0.269 e. The van der Waals surface area contributed by atoms with Gasteiger partial charge in [-0.25, -0.2) is 0 Å². The van der Waals surface area contributed by atoms with Gasteiger partial charge in [0.25, 0.3) is 5.56 Å². The number of nitrogens with zero attached hydrogens (tertiary/aromatic N) is 2. The van der Waals surface area contributed by atoms with Gasteiger partial charge in [-0.1, -0.05) is 12.1 Å². The summed E-state index contributed by atoms with van der Waals surface area (Å²) in [6.45, 7) is 4.10. The van der Waals surface area contributed by atoms with E-state index in [1.807, 2.05) is 43.3 Å². The van der Waals surface area contributed by atoms with E-state index < -0.39 is 0 Å². The number of rotatable bonds is 3. The van der Waals surface area contributed by atoms with E-state index in [2.05, 4.69) is 0 Å². The third-order valence-electron chi connectivity index (χ3n) is 3.32. The Morgan fingerprint density at radius 3 is 2.45 bits per heavy atom. The van der Waals surface area contributed by atoms with Crippen LogP contribution in [0.1, 0.15) is 22.4 Å². The lowest BCUT2D eigenvalue weighted by Crippen LogP contribution is -2.26. The van der Waals surface area contributed by atoms with Gasteiger partial charge in [0, 0.05) is 5.69 Å². The normalized spacial score (nSPS) is 10.1. The highest BCUT2D eigenvalue weighted by atomic mass is 16.5. The van der Waals surface area contributed by atoms with Crippen LogP contribution in [0.5, 0.6) is 5.75 Å². The predicted octanol–water partition coefficient (Wildman–Crippen LogP) is 2.39. The molecule has 1 aromatic carbocycles. The SMILES string of the molecule is COc1ccc(Cn2c(C)cc(C)c(C#N)c2=O)cc1. The van der Waals surface area contributed by atoms with Crippen LogP contribution in [0.3, 0.4) is 0 Å². The van der Waals surface area contributed by atoms with E-state index in [0.717, 1.165) is 22.6 Å². The zero-order valence-corrected chi connectivity index (χ0v) is 11.8. The Hall–Kier alpha value is -2.54. The van der Waals surface area contributed by atoms with Gasteiger partial charge in [-0.3, -0.25) is 4.79 Å². The number of aryl methyl sites for hydroxylation is 2. The molecule has 0 aliphatic heterocycles. The minimum atomic E-state index is -0.235. The third-order valence-corrected chi connectivity index (χ3v) is 3.32. The van der Waals surface area contributed by atoms with Crippen LogP contribution in [0.4, 0.5) is 0 Å². The molecule has 4 heteroatoms. The first kappa shape index (κ1) is 13.9. The summed E-state index contributed by atoms with van der Waals surface area (Å²) in [5, 5.41) is 9.07. The van der Waals surface area contributed by atoms with Crippen LogP contribution in [-0.2, 0) is 6.54 Å². The smallest absolute Gasteiger partial charge is 0.269 e. The van der Waals surface area contributed by atoms with Gasteiger partial charge in [0.05, 0.1) is 13.7 Å². The second-order valence-electron chi connectivity index (χ2n) is 4.69. The van der Waals surface area contributed by atoms with E-state index in [4.69, 9.17) is 10.00 Å². The fourth-order valence-electron chi connectivity index (χ4n) is 2.17. The number of pyridine rings is 1. The second-order valence-corrected chi connectivity index (χ2v) is 4.69. The van der Waals surface area contributed by atoms with Crippen LogP contribution in [0.25, 0.3) is 0 Å². The molecule has 2 aromatic rings. The highest BCUT2D eigenvalue weighted by Crippen LogP contribution is 2.13. The van der Waals surface area contributed by atoms with Gasteiger partial charge in [-0.05, 0) is 43.2 Å². The first-order valence-corrected chi connectivity index (χ1v) is 6.31. The summed E-state index contributed by atoms with van der Waals surface area (Å²) < 4.78 is 6.73. The van der Waals surface area contributed by atoms with Gasteiger partial charge in [-0.15, -0.1) is 0 Å². The summed E-state index contributed by atoms with van der Waals surface area (Å²) in [5.74, 6) is 0.777. The molecule has 0 bridgehead atoms. The molecule has 0 atom stereocenters. The van der Waals surface area contributed by atoms with E-state index >= 15 is 0 Å². The first-order chi connectivity index (χ1) is 9.56. The topological polar surface area (TPSA) is 55.0 Å². The lowest BCUT2D eigenvalue weighted by Gasteiger charge is -2.12. The molecular formula is C16H16N2O2. The van der Waals surface area contributed by atoms with Crippen molar-refractivity contribution < 1.29 is 4.74 Å². The van der Waals surface area contributed by atoms with Crippen molar-refractivity contribution in [2.45, 2.75) is 20.4 Å². The molecule has 0 radical (unpaired) electrons. The Kier molecular flexibility index (Phi) is 3.90. The molecule has 0 spiro atoms. The van der Waals surface area contributed by atoms with Gasteiger partial charge in [0.2, 0.25) is 0 Å². The standard InChI is InChI=1S/C16H16N2O2/c1-11-8-12(2)18(16(19)15(11)9-17)10-13-4-6-14(20-3)7-5-13/h4-8H,10H2,1-3H3. The molecule has 0 aliphatic carbocycles. The van der Waals surface area contributed by atoms with Crippen molar-refractivity contribution in [1.82, 2.24) is 4.57 Å². The van der Waals surface area contributed by atoms with E-state index in [0.29, 0.717) is 6.54 Å². The van der Waals surface area contributed by atoms with Gasteiger partial charge < -0.3 is 9.30 Å². The Morgan fingerprint density at radius 1 is 1.25 bits per heavy atom. The number of hydrogen-bond donors (Lipinski definition) is 0. The number of ether oxygens (including phenoxy) is 1. The Morgan fingerprint density at radius 2 is 1.90 bits per heavy atom.